The third kappa shape index (κ3) is 2.50. The lowest BCUT2D eigenvalue weighted by atomic mass is 10.1. The maximum atomic E-state index is 12.0. The number of pyridine rings is 1. The summed E-state index contributed by atoms with van der Waals surface area (Å²) in [6.45, 7) is 5.97. The van der Waals surface area contributed by atoms with E-state index < -0.39 is 0 Å². The quantitative estimate of drug-likeness (QED) is 0.898. The van der Waals surface area contributed by atoms with E-state index in [1.54, 1.807) is 0 Å². The Labute approximate surface area is 107 Å². The van der Waals surface area contributed by atoms with E-state index in [-0.39, 0.29) is 11.9 Å². The fourth-order valence-electron chi connectivity index (χ4n) is 1.89. The summed E-state index contributed by atoms with van der Waals surface area (Å²) in [4.78, 5) is 16.4. The highest BCUT2D eigenvalue weighted by molar-refractivity contribution is 5.97. The van der Waals surface area contributed by atoms with Crippen molar-refractivity contribution in [3.8, 4) is 0 Å². The third-order valence-corrected chi connectivity index (χ3v) is 3.15. The average Bonchev–Trinajstić information content (AvgIpc) is 2.38. The van der Waals surface area contributed by atoms with E-state index in [2.05, 4.69) is 10.3 Å². The number of aromatic nitrogens is 1. The standard InChI is InChI=1S/C15H18N2O/c1-4-10(2)16-15(18)14-9-12-7-5-6-8-13(12)11(3)17-14/h5-10H,4H2,1-3H3,(H,16,18). The van der Waals surface area contributed by atoms with Crippen molar-refractivity contribution in [2.24, 2.45) is 0 Å². The van der Waals surface area contributed by atoms with Crippen LogP contribution in [0.2, 0.25) is 0 Å². The van der Waals surface area contributed by atoms with E-state index >= 15 is 0 Å². The van der Waals surface area contributed by atoms with Gasteiger partial charge in [-0.15, -0.1) is 0 Å². The van der Waals surface area contributed by atoms with Gasteiger partial charge in [-0.1, -0.05) is 31.2 Å². The summed E-state index contributed by atoms with van der Waals surface area (Å²) in [6, 6.07) is 10.00. The molecule has 0 aliphatic carbocycles. The van der Waals surface area contributed by atoms with Crippen molar-refractivity contribution in [3.05, 3.63) is 41.7 Å². The Morgan fingerprint density at radius 1 is 1.39 bits per heavy atom. The molecule has 3 nitrogen and oxygen atoms in total. The van der Waals surface area contributed by atoms with Crippen molar-refractivity contribution in [1.29, 1.82) is 0 Å². The Morgan fingerprint density at radius 3 is 2.83 bits per heavy atom. The van der Waals surface area contributed by atoms with Gasteiger partial charge in [0.25, 0.3) is 5.91 Å². The predicted molar refractivity (Wildman–Crippen MR) is 73.7 cm³/mol. The van der Waals surface area contributed by atoms with Crippen molar-refractivity contribution in [2.75, 3.05) is 0 Å². The van der Waals surface area contributed by atoms with Gasteiger partial charge in [-0.25, -0.2) is 4.98 Å². The smallest absolute Gasteiger partial charge is 0.270 e. The second-order valence-electron chi connectivity index (χ2n) is 4.60. The van der Waals surface area contributed by atoms with E-state index in [0.717, 1.165) is 22.9 Å². The molecule has 1 aromatic heterocycles. The maximum Gasteiger partial charge on any atom is 0.270 e. The SMILES string of the molecule is CCC(C)NC(=O)c1cc2ccccc2c(C)n1. The molecule has 0 aliphatic heterocycles. The number of carbonyl (C=O) groups is 1. The lowest BCUT2D eigenvalue weighted by Crippen LogP contribution is -2.32. The number of aryl methyl sites for hydroxylation is 1. The van der Waals surface area contributed by atoms with Crippen LogP contribution in [-0.4, -0.2) is 16.9 Å². The molecule has 1 atom stereocenters. The number of nitrogens with zero attached hydrogens (tertiary/aromatic N) is 1. The van der Waals surface area contributed by atoms with Gasteiger partial charge in [-0.2, -0.15) is 0 Å². The topological polar surface area (TPSA) is 42.0 Å². The van der Waals surface area contributed by atoms with Crippen LogP contribution in [0.4, 0.5) is 0 Å². The molecule has 1 aromatic carbocycles. The lowest BCUT2D eigenvalue weighted by molar-refractivity contribution is 0.0934. The minimum Gasteiger partial charge on any atom is -0.348 e. The Hall–Kier alpha value is -1.90. The van der Waals surface area contributed by atoms with Gasteiger partial charge in [0.2, 0.25) is 0 Å². The van der Waals surface area contributed by atoms with Crippen LogP contribution in [0.5, 0.6) is 0 Å². The number of hydrogen-bond acceptors (Lipinski definition) is 2. The minimum absolute atomic E-state index is 0.0989. The summed E-state index contributed by atoms with van der Waals surface area (Å²) in [6.07, 6.45) is 0.915. The monoisotopic (exact) mass is 242 g/mol. The summed E-state index contributed by atoms with van der Waals surface area (Å²) in [5.41, 5.74) is 1.38. The molecular weight excluding hydrogens is 224 g/mol. The van der Waals surface area contributed by atoms with Crippen molar-refractivity contribution in [3.63, 3.8) is 0 Å². The second-order valence-corrected chi connectivity index (χ2v) is 4.60. The van der Waals surface area contributed by atoms with E-state index in [9.17, 15) is 4.79 Å². The number of rotatable bonds is 3. The van der Waals surface area contributed by atoms with Gasteiger partial charge in [0.15, 0.2) is 0 Å². The summed E-state index contributed by atoms with van der Waals surface area (Å²) in [7, 11) is 0. The second kappa shape index (κ2) is 5.17. The zero-order valence-electron chi connectivity index (χ0n) is 11.0. The van der Waals surface area contributed by atoms with Crippen LogP contribution in [0.3, 0.4) is 0 Å². The van der Waals surface area contributed by atoms with Gasteiger partial charge in [0.1, 0.15) is 5.69 Å². The molecule has 0 spiro atoms. The fourth-order valence-corrected chi connectivity index (χ4v) is 1.89. The van der Waals surface area contributed by atoms with Crippen molar-refractivity contribution in [1.82, 2.24) is 10.3 Å². The van der Waals surface area contributed by atoms with Crippen LogP contribution in [0.1, 0.15) is 36.5 Å². The molecule has 1 unspecified atom stereocenters. The van der Waals surface area contributed by atoms with Crippen LogP contribution >= 0.6 is 0 Å². The number of carbonyl (C=O) groups excluding carboxylic acids is 1. The maximum absolute atomic E-state index is 12.0. The lowest BCUT2D eigenvalue weighted by Gasteiger charge is -2.12. The average molecular weight is 242 g/mol. The number of hydrogen-bond donors (Lipinski definition) is 1. The molecule has 94 valence electrons. The number of fused-ring (bicyclic) bond motifs is 1. The molecule has 1 heterocycles. The number of amides is 1. The minimum atomic E-state index is -0.0989. The molecule has 0 radical (unpaired) electrons. The summed E-state index contributed by atoms with van der Waals surface area (Å²) >= 11 is 0. The Balaban J connectivity index is 2.37. The largest absolute Gasteiger partial charge is 0.348 e. The molecule has 0 fully saturated rings. The van der Waals surface area contributed by atoms with Crippen molar-refractivity contribution >= 4 is 16.7 Å². The summed E-state index contributed by atoms with van der Waals surface area (Å²) < 4.78 is 0. The molecule has 1 N–H and O–H groups in total. The van der Waals surface area contributed by atoms with Gasteiger partial charge < -0.3 is 5.32 Å². The van der Waals surface area contributed by atoms with Crippen molar-refractivity contribution in [2.45, 2.75) is 33.2 Å². The van der Waals surface area contributed by atoms with Gasteiger partial charge in [-0.3, -0.25) is 4.79 Å². The van der Waals surface area contributed by atoms with Gasteiger partial charge in [-0.05, 0) is 31.7 Å². The van der Waals surface area contributed by atoms with Crippen LogP contribution in [0.25, 0.3) is 10.8 Å². The van der Waals surface area contributed by atoms with Crippen LogP contribution in [-0.2, 0) is 0 Å². The first-order valence-electron chi connectivity index (χ1n) is 6.29. The third-order valence-electron chi connectivity index (χ3n) is 3.15. The zero-order chi connectivity index (χ0) is 13.1. The van der Waals surface area contributed by atoms with E-state index in [1.807, 2.05) is 51.1 Å². The highest BCUT2D eigenvalue weighted by Gasteiger charge is 2.11. The molecule has 2 rings (SSSR count). The predicted octanol–water partition coefficient (Wildman–Crippen LogP) is 3.07. The van der Waals surface area contributed by atoms with Crippen LogP contribution in [0, 0.1) is 6.92 Å². The molecule has 3 heteroatoms. The van der Waals surface area contributed by atoms with Crippen LogP contribution < -0.4 is 5.32 Å². The highest BCUT2D eigenvalue weighted by atomic mass is 16.1. The first kappa shape index (κ1) is 12.6. The van der Waals surface area contributed by atoms with Crippen LogP contribution in [0.15, 0.2) is 30.3 Å². The number of benzene rings is 1. The zero-order valence-corrected chi connectivity index (χ0v) is 11.0. The molecule has 0 bridgehead atoms. The first-order chi connectivity index (χ1) is 8.61. The molecular formula is C15H18N2O. The first-order valence-corrected chi connectivity index (χ1v) is 6.29. The van der Waals surface area contributed by atoms with Crippen molar-refractivity contribution < 1.29 is 4.79 Å². The van der Waals surface area contributed by atoms with Gasteiger partial charge in [0.05, 0.1) is 0 Å². The fraction of sp³-hybridized carbons (Fsp3) is 0.333. The van der Waals surface area contributed by atoms with Gasteiger partial charge >= 0.3 is 0 Å². The Kier molecular flexibility index (Phi) is 3.60. The summed E-state index contributed by atoms with van der Waals surface area (Å²) in [5, 5.41) is 5.09. The molecule has 18 heavy (non-hydrogen) atoms. The van der Waals surface area contributed by atoms with E-state index in [4.69, 9.17) is 0 Å². The molecule has 0 saturated carbocycles. The highest BCUT2D eigenvalue weighted by Crippen LogP contribution is 2.17. The molecule has 0 aliphatic rings. The molecule has 0 saturated heterocycles. The van der Waals surface area contributed by atoms with Gasteiger partial charge in [0, 0.05) is 17.1 Å². The van der Waals surface area contributed by atoms with E-state index in [0.29, 0.717) is 5.69 Å². The van der Waals surface area contributed by atoms with E-state index in [1.165, 1.54) is 0 Å². The Morgan fingerprint density at radius 2 is 2.11 bits per heavy atom. The molecule has 1 amide bonds. The number of nitrogens with one attached hydrogen (secondary N) is 1. The molecule has 2 aromatic rings. The normalized spacial score (nSPS) is 12.4. The Bertz CT molecular complexity index is 578. The summed E-state index contributed by atoms with van der Waals surface area (Å²) in [5.74, 6) is -0.0989.